The Hall–Kier alpha value is 0.190. The summed E-state index contributed by atoms with van der Waals surface area (Å²) in [4.78, 5) is 2.42. The monoisotopic (exact) mass is 304 g/mol. The van der Waals surface area contributed by atoms with Crippen molar-refractivity contribution in [1.29, 1.82) is 0 Å². The minimum Gasteiger partial charge on any atom is -0.309 e. The van der Waals surface area contributed by atoms with Crippen LogP contribution in [0.15, 0.2) is 0 Å². The zero-order valence-corrected chi connectivity index (χ0v) is 11.6. The third kappa shape index (κ3) is 7.46. The van der Waals surface area contributed by atoms with Crippen molar-refractivity contribution in [2.75, 3.05) is 40.3 Å². The second-order valence-electron chi connectivity index (χ2n) is 4.06. The van der Waals surface area contributed by atoms with Crippen molar-refractivity contribution in [1.82, 2.24) is 9.80 Å². The Morgan fingerprint density at radius 2 is 1.75 bits per heavy atom. The molecule has 1 atom stereocenters. The van der Waals surface area contributed by atoms with Gasteiger partial charge in [-0.2, -0.15) is 13.2 Å². The van der Waals surface area contributed by atoms with Gasteiger partial charge in [0.15, 0.2) is 0 Å². The minimum absolute atomic E-state index is 0.0213. The molecular weight excluding hydrogens is 285 g/mol. The summed E-state index contributed by atoms with van der Waals surface area (Å²) in [7, 11) is 3.92. The van der Waals surface area contributed by atoms with E-state index in [-0.39, 0.29) is 6.54 Å². The molecule has 0 bridgehead atoms. The summed E-state index contributed by atoms with van der Waals surface area (Å²) >= 11 is 2.68. The summed E-state index contributed by atoms with van der Waals surface area (Å²) in [6.07, 6.45) is -3.27. The van der Waals surface area contributed by atoms with Gasteiger partial charge in [0.2, 0.25) is 0 Å². The van der Waals surface area contributed by atoms with Crippen molar-refractivity contribution in [3.05, 3.63) is 0 Å². The Kier molecular flexibility index (Phi) is 7.59. The first-order valence-electron chi connectivity index (χ1n) is 5.35. The van der Waals surface area contributed by atoms with Crippen LogP contribution in [0.25, 0.3) is 0 Å². The number of nitrogens with zero attached hydrogens (tertiary/aromatic N) is 2. The first-order chi connectivity index (χ1) is 7.27. The van der Waals surface area contributed by atoms with Crippen molar-refractivity contribution in [2.45, 2.75) is 24.3 Å². The van der Waals surface area contributed by atoms with Crippen LogP contribution in [0.1, 0.15) is 13.3 Å². The molecule has 98 valence electrons. The lowest BCUT2D eigenvalue weighted by molar-refractivity contribution is -0.130. The lowest BCUT2D eigenvalue weighted by Crippen LogP contribution is -2.38. The molecule has 2 nitrogen and oxygen atoms in total. The van der Waals surface area contributed by atoms with Gasteiger partial charge in [0, 0.05) is 6.54 Å². The molecule has 0 aliphatic rings. The van der Waals surface area contributed by atoms with E-state index in [0.717, 1.165) is 13.0 Å². The fourth-order valence-corrected chi connectivity index (χ4v) is 1.73. The second-order valence-corrected chi connectivity index (χ2v) is 5.16. The highest BCUT2D eigenvalue weighted by Crippen LogP contribution is 2.26. The average molecular weight is 305 g/mol. The van der Waals surface area contributed by atoms with Crippen LogP contribution in [0, 0.1) is 0 Å². The highest BCUT2D eigenvalue weighted by Gasteiger charge is 2.38. The minimum atomic E-state index is -4.16. The molecule has 0 fully saturated rings. The zero-order valence-electron chi connectivity index (χ0n) is 10.0. The van der Waals surface area contributed by atoms with Crippen molar-refractivity contribution in [2.24, 2.45) is 0 Å². The quantitative estimate of drug-likeness (QED) is 0.667. The van der Waals surface area contributed by atoms with Crippen LogP contribution in [-0.4, -0.2) is 61.1 Å². The zero-order chi connectivity index (χ0) is 12.8. The van der Waals surface area contributed by atoms with Gasteiger partial charge in [0.05, 0.1) is 0 Å². The summed E-state index contributed by atoms with van der Waals surface area (Å²) in [6, 6.07) is 0. The Labute approximate surface area is 104 Å². The van der Waals surface area contributed by atoms with Gasteiger partial charge in [-0.3, -0.25) is 0 Å². The van der Waals surface area contributed by atoms with Crippen molar-refractivity contribution in [3.8, 4) is 0 Å². The van der Waals surface area contributed by atoms with Gasteiger partial charge < -0.3 is 9.80 Å². The maximum Gasteiger partial charge on any atom is 0.402 e. The van der Waals surface area contributed by atoms with E-state index < -0.39 is 11.0 Å². The molecule has 16 heavy (non-hydrogen) atoms. The maximum atomic E-state index is 12.3. The molecule has 0 aromatic heterocycles. The van der Waals surface area contributed by atoms with E-state index in [1.54, 1.807) is 0 Å². The first-order valence-corrected chi connectivity index (χ1v) is 6.26. The molecule has 1 unspecified atom stereocenters. The number of hydrogen-bond acceptors (Lipinski definition) is 2. The predicted molar refractivity (Wildman–Crippen MR) is 64.1 cm³/mol. The van der Waals surface area contributed by atoms with Crippen molar-refractivity contribution < 1.29 is 13.2 Å². The molecular formula is C10H20BrF3N2. The Bertz CT molecular complexity index is 185. The van der Waals surface area contributed by atoms with Crippen LogP contribution in [-0.2, 0) is 0 Å². The van der Waals surface area contributed by atoms with E-state index in [1.165, 1.54) is 0 Å². The van der Waals surface area contributed by atoms with Crippen LogP contribution in [0.5, 0.6) is 0 Å². The van der Waals surface area contributed by atoms with E-state index in [2.05, 4.69) is 15.9 Å². The molecule has 0 aliphatic heterocycles. The highest BCUT2D eigenvalue weighted by molar-refractivity contribution is 9.09. The molecule has 0 saturated heterocycles. The Morgan fingerprint density at radius 3 is 2.12 bits per heavy atom. The van der Waals surface area contributed by atoms with Gasteiger partial charge >= 0.3 is 6.18 Å². The third-order valence-electron chi connectivity index (χ3n) is 2.30. The van der Waals surface area contributed by atoms with Gasteiger partial charge in [-0.25, -0.2) is 0 Å². The van der Waals surface area contributed by atoms with Crippen LogP contribution in [0.4, 0.5) is 13.2 Å². The van der Waals surface area contributed by atoms with E-state index in [0.29, 0.717) is 13.1 Å². The fraction of sp³-hybridized carbons (Fsp3) is 1.00. The van der Waals surface area contributed by atoms with E-state index >= 15 is 0 Å². The average Bonchev–Trinajstić information content (AvgIpc) is 2.13. The summed E-state index contributed by atoms with van der Waals surface area (Å²) in [5.41, 5.74) is 0. The van der Waals surface area contributed by atoms with Crippen LogP contribution < -0.4 is 0 Å². The predicted octanol–water partition coefficient (Wildman–Crippen LogP) is 2.59. The van der Waals surface area contributed by atoms with E-state index in [4.69, 9.17) is 0 Å². The topological polar surface area (TPSA) is 6.48 Å². The molecule has 0 rings (SSSR count). The van der Waals surface area contributed by atoms with Crippen LogP contribution in [0.3, 0.4) is 0 Å². The van der Waals surface area contributed by atoms with Gasteiger partial charge in [-0.1, -0.05) is 22.9 Å². The highest BCUT2D eigenvalue weighted by atomic mass is 79.9. The van der Waals surface area contributed by atoms with Gasteiger partial charge in [-0.15, -0.1) is 0 Å². The third-order valence-corrected chi connectivity index (χ3v) is 3.11. The first kappa shape index (κ1) is 16.2. The normalized spacial score (nSPS) is 14.8. The molecule has 0 aliphatic carbocycles. The number of hydrogen-bond donors (Lipinski definition) is 0. The Morgan fingerprint density at radius 1 is 1.19 bits per heavy atom. The molecule has 0 N–H and O–H groups in total. The second kappa shape index (κ2) is 7.50. The van der Waals surface area contributed by atoms with Gasteiger partial charge in [0.1, 0.15) is 4.83 Å². The Balaban J connectivity index is 3.91. The van der Waals surface area contributed by atoms with Gasteiger partial charge in [-0.05, 0) is 40.2 Å². The molecule has 0 spiro atoms. The van der Waals surface area contributed by atoms with Crippen molar-refractivity contribution in [3.63, 3.8) is 0 Å². The standard InChI is InChI=1S/C10H20BrF3N2/c1-4-16(7-5-6-15(2)3)8-9(11)10(12,13)14/h9H,4-8H2,1-3H3. The molecule has 6 heteroatoms. The van der Waals surface area contributed by atoms with Crippen LogP contribution >= 0.6 is 15.9 Å². The number of alkyl halides is 4. The summed E-state index contributed by atoms with van der Waals surface area (Å²) in [5.74, 6) is 0. The molecule has 0 saturated carbocycles. The number of halogens is 4. The lowest BCUT2D eigenvalue weighted by Gasteiger charge is -2.25. The molecule has 0 aromatic rings. The largest absolute Gasteiger partial charge is 0.402 e. The van der Waals surface area contributed by atoms with Crippen LogP contribution in [0.2, 0.25) is 0 Å². The van der Waals surface area contributed by atoms with E-state index in [1.807, 2.05) is 30.8 Å². The summed E-state index contributed by atoms with van der Waals surface area (Å²) in [6.45, 7) is 4.15. The lowest BCUT2D eigenvalue weighted by atomic mass is 10.3. The molecule has 0 aromatic carbocycles. The van der Waals surface area contributed by atoms with Crippen molar-refractivity contribution >= 4 is 15.9 Å². The summed E-state index contributed by atoms with van der Waals surface area (Å²) in [5, 5.41) is 0. The maximum absolute atomic E-state index is 12.3. The summed E-state index contributed by atoms with van der Waals surface area (Å²) < 4.78 is 36.9. The molecule has 0 heterocycles. The number of rotatable bonds is 7. The smallest absolute Gasteiger partial charge is 0.309 e. The molecule has 0 amide bonds. The van der Waals surface area contributed by atoms with Gasteiger partial charge in [0.25, 0.3) is 0 Å². The molecule has 0 radical (unpaired) electrons. The fourth-order valence-electron chi connectivity index (χ4n) is 1.32. The van der Waals surface area contributed by atoms with E-state index in [9.17, 15) is 13.2 Å². The SMILES string of the molecule is CCN(CCCN(C)C)CC(Br)C(F)(F)F.